The SMILES string of the molecule is Clc1ccc(N2CN=C(N3CCOCC3)C2)cc1. The van der Waals surface area contributed by atoms with Crippen molar-refractivity contribution in [3.8, 4) is 0 Å². The molecule has 3 rings (SSSR count). The van der Waals surface area contributed by atoms with Crippen molar-refractivity contribution in [1.29, 1.82) is 0 Å². The highest BCUT2D eigenvalue weighted by Crippen LogP contribution is 2.20. The molecule has 0 radical (unpaired) electrons. The van der Waals surface area contributed by atoms with Gasteiger partial charge >= 0.3 is 0 Å². The van der Waals surface area contributed by atoms with E-state index >= 15 is 0 Å². The second kappa shape index (κ2) is 5.16. The quantitative estimate of drug-likeness (QED) is 0.776. The fourth-order valence-corrected chi connectivity index (χ4v) is 2.41. The highest BCUT2D eigenvalue weighted by atomic mass is 35.5. The van der Waals surface area contributed by atoms with Crippen LogP contribution in [0.2, 0.25) is 5.02 Å². The number of ether oxygens (including phenoxy) is 1. The van der Waals surface area contributed by atoms with Crippen LogP contribution in [0.15, 0.2) is 29.3 Å². The molecule has 1 fully saturated rings. The van der Waals surface area contributed by atoms with Gasteiger partial charge in [-0.05, 0) is 24.3 Å². The molecule has 1 saturated heterocycles. The number of hydrogen-bond donors (Lipinski definition) is 0. The fraction of sp³-hybridized carbons (Fsp3) is 0.462. The third-order valence-electron chi connectivity index (χ3n) is 3.32. The zero-order chi connectivity index (χ0) is 12.4. The summed E-state index contributed by atoms with van der Waals surface area (Å²) in [4.78, 5) is 9.19. The molecule has 0 bridgehead atoms. The largest absolute Gasteiger partial charge is 0.378 e. The molecule has 1 aromatic carbocycles. The molecule has 18 heavy (non-hydrogen) atoms. The highest BCUT2D eigenvalue weighted by Gasteiger charge is 2.22. The van der Waals surface area contributed by atoms with Crippen LogP contribution in [0.1, 0.15) is 0 Å². The summed E-state index contributed by atoms with van der Waals surface area (Å²) in [5.41, 5.74) is 1.17. The van der Waals surface area contributed by atoms with Crippen molar-refractivity contribution in [3.63, 3.8) is 0 Å². The zero-order valence-electron chi connectivity index (χ0n) is 10.2. The molecule has 0 atom stereocenters. The first kappa shape index (κ1) is 11.8. The van der Waals surface area contributed by atoms with E-state index in [4.69, 9.17) is 16.3 Å². The number of rotatable bonds is 1. The van der Waals surface area contributed by atoms with Crippen LogP contribution in [0, 0.1) is 0 Å². The van der Waals surface area contributed by atoms with Crippen molar-refractivity contribution in [2.24, 2.45) is 4.99 Å². The van der Waals surface area contributed by atoms with E-state index in [1.807, 2.05) is 24.3 Å². The van der Waals surface area contributed by atoms with Crippen LogP contribution in [0.3, 0.4) is 0 Å². The monoisotopic (exact) mass is 265 g/mol. The molecule has 2 aliphatic rings. The number of benzene rings is 1. The number of amidine groups is 1. The Labute approximate surface area is 112 Å². The predicted octanol–water partition coefficient (Wildman–Crippen LogP) is 1.85. The molecule has 0 unspecified atom stereocenters. The van der Waals surface area contributed by atoms with Crippen molar-refractivity contribution in [2.45, 2.75) is 0 Å². The molecule has 4 nitrogen and oxygen atoms in total. The van der Waals surface area contributed by atoms with Gasteiger partial charge < -0.3 is 14.5 Å². The van der Waals surface area contributed by atoms with Crippen LogP contribution in [0.25, 0.3) is 0 Å². The number of hydrogen-bond acceptors (Lipinski definition) is 4. The van der Waals surface area contributed by atoms with Crippen molar-refractivity contribution in [2.75, 3.05) is 44.4 Å². The Hall–Kier alpha value is -1.26. The first-order valence-corrected chi connectivity index (χ1v) is 6.57. The maximum Gasteiger partial charge on any atom is 0.121 e. The molecular formula is C13H16ClN3O. The number of nitrogens with zero attached hydrogens (tertiary/aromatic N) is 3. The maximum atomic E-state index is 5.90. The van der Waals surface area contributed by atoms with E-state index in [1.54, 1.807) is 0 Å². The fourth-order valence-electron chi connectivity index (χ4n) is 2.28. The van der Waals surface area contributed by atoms with Gasteiger partial charge in [-0.25, -0.2) is 4.99 Å². The van der Waals surface area contributed by atoms with Gasteiger partial charge in [0.25, 0.3) is 0 Å². The van der Waals surface area contributed by atoms with E-state index in [0.29, 0.717) is 0 Å². The Morgan fingerprint density at radius 3 is 2.50 bits per heavy atom. The minimum atomic E-state index is 0.730. The summed E-state index contributed by atoms with van der Waals surface area (Å²) in [6.45, 7) is 5.12. The Morgan fingerprint density at radius 1 is 1.06 bits per heavy atom. The van der Waals surface area contributed by atoms with Crippen LogP contribution < -0.4 is 4.90 Å². The van der Waals surface area contributed by atoms with Crippen LogP contribution >= 0.6 is 11.6 Å². The average molecular weight is 266 g/mol. The molecule has 1 aromatic rings. The van der Waals surface area contributed by atoms with Gasteiger partial charge in [-0.15, -0.1) is 0 Å². The molecule has 2 heterocycles. The first-order valence-electron chi connectivity index (χ1n) is 6.19. The maximum absolute atomic E-state index is 5.90. The van der Waals surface area contributed by atoms with Gasteiger partial charge in [0.15, 0.2) is 0 Å². The van der Waals surface area contributed by atoms with Crippen LogP contribution in [-0.2, 0) is 4.74 Å². The van der Waals surface area contributed by atoms with Gasteiger partial charge in [0.2, 0.25) is 0 Å². The Balaban J connectivity index is 1.64. The van der Waals surface area contributed by atoms with Crippen LogP contribution in [0.5, 0.6) is 0 Å². The molecular weight excluding hydrogens is 250 g/mol. The minimum absolute atomic E-state index is 0.730. The van der Waals surface area contributed by atoms with Crippen LogP contribution in [-0.4, -0.2) is 50.3 Å². The van der Waals surface area contributed by atoms with Gasteiger partial charge in [0.05, 0.1) is 19.8 Å². The summed E-state index contributed by atoms with van der Waals surface area (Å²) < 4.78 is 5.36. The molecule has 96 valence electrons. The summed E-state index contributed by atoms with van der Waals surface area (Å²) in [7, 11) is 0. The number of aliphatic imine (C=N–C) groups is 1. The molecule has 0 aromatic heterocycles. The molecule has 0 aliphatic carbocycles. The lowest BCUT2D eigenvalue weighted by molar-refractivity contribution is 0.0678. The number of anilines is 1. The van der Waals surface area contributed by atoms with Crippen LogP contribution in [0.4, 0.5) is 5.69 Å². The summed E-state index contributed by atoms with van der Waals surface area (Å²) in [5, 5.41) is 0.771. The van der Waals surface area contributed by atoms with E-state index in [2.05, 4.69) is 14.8 Å². The van der Waals surface area contributed by atoms with Crippen molar-refractivity contribution in [1.82, 2.24) is 4.90 Å². The molecule has 0 spiro atoms. The molecule has 2 aliphatic heterocycles. The number of morpholine rings is 1. The second-order valence-electron chi connectivity index (χ2n) is 4.49. The lowest BCUT2D eigenvalue weighted by Gasteiger charge is -2.29. The van der Waals surface area contributed by atoms with E-state index < -0.39 is 0 Å². The van der Waals surface area contributed by atoms with Crippen molar-refractivity contribution in [3.05, 3.63) is 29.3 Å². The Kier molecular flexibility index (Phi) is 3.39. The summed E-state index contributed by atoms with van der Waals surface area (Å²) >= 11 is 5.90. The molecule has 0 N–H and O–H groups in total. The summed E-state index contributed by atoms with van der Waals surface area (Å²) in [5.74, 6) is 1.17. The highest BCUT2D eigenvalue weighted by molar-refractivity contribution is 6.30. The molecule has 0 amide bonds. The molecule has 5 heteroatoms. The van der Waals surface area contributed by atoms with Gasteiger partial charge in [-0.2, -0.15) is 0 Å². The smallest absolute Gasteiger partial charge is 0.121 e. The lowest BCUT2D eigenvalue weighted by Crippen LogP contribution is -2.42. The third-order valence-corrected chi connectivity index (χ3v) is 3.58. The predicted molar refractivity (Wildman–Crippen MR) is 73.5 cm³/mol. The second-order valence-corrected chi connectivity index (χ2v) is 4.93. The normalized spacial score (nSPS) is 20.2. The zero-order valence-corrected chi connectivity index (χ0v) is 10.9. The van der Waals surface area contributed by atoms with Gasteiger partial charge in [0.1, 0.15) is 12.5 Å². The van der Waals surface area contributed by atoms with Gasteiger partial charge in [0, 0.05) is 23.8 Å². The van der Waals surface area contributed by atoms with E-state index in [9.17, 15) is 0 Å². The first-order chi connectivity index (χ1) is 8.83. The topological polar surface area (TPSA) is 28.1 Å². The Bertz CT molecular complexity index is 440. The van der Waals surface area contributed by atoms with Crippen molar-refractivity contribution < 1.29 is 4.74 Å². The van der Waals surface area contributed by atoms with E-state index in [0.717, 1.165) is 44.5 Å². The van der Waals surface area contributed by atoms with Gasteiger partial charge in [-0.1, -0.05) is 11.6 Å². The Morgan fingerprint density at radius 2 is 1.78 bits per heavy atom. The minimum Gasteiger partial charge on any atom is -0.378 e. The van der Waals surface area contributed by atoms with Gasteiger partial charge in [-0.3, -0.25) is 0 Å². The summed E-state index contributed by atoms with van der Waals surface area (Å²) in [6.07, 6.45) is 0. The standard InChI is InChI=1S/C13H16ClN3O/c14-11-1-3-12(4-2-11)17-9-13(15-10-17)16-5-7-18-8-6-16/h1-4H,5-10H2. The number of halogens is 1. The van der Waals surface area contributed by atoms with E-state index in [-0.39, 0.29) is 0 Å². The van der Waals surface area contributed by atoms with E-state index in [1.165, 1.54) is 11.5 Å². The lowest BCUT2D eigenvalue weighted by atomic mass is 10.3. The molecule has 0 saturated carbocycles. The third kappa shape index (κ3) is 2.44. The summed E-state index contributed by atoms with van der Waals surface area (Å²) in [6, 6.07) is 7.92. The van der Waals surface area contributed by atoms with Crippen molar-refractivity contribution >= 4 is 23.1 Å². The average Bonchev–Trinajstić information content (AvgIpc) is 2.90.